The van der Waals surface area contributed by atoms with Crippen LogP contribution >= 0.6 is 0 Å². The third-order valence-electron chi connectivity index (χ3n) is 5.45. The Hall–Kier alpha value is -2.09. The average Bonchev–Trinajstić information content (AvgIpc) is 2.59. The molecule has 0 aliphatic heterocycles. The van der Waals surface area contributed by atoms with Crippen LogP contribution in [0.1, 0.15) is 60.5 Å². The van der Waals surface area contributed by atoms with Crippen LogP contribution in [0, 0.1) is 18.8 Å². The Labute approximate surface area is 144 Å². The van der Waals surface area contributed by atoms with Crippen LogP contribution in [0.25, 0.3) is 0 Å². The molecule has 0 radical (unpaired) electrons. The average molecular weight is 322 g/mol. The monoisotopic (exact) mass is 322 g/mol. The fourth-order valence-electron chi connectivity index (χ4n) is 3.51. The van der Waals surface area contributed by atoms with Crippen molar-refractivity contribution in [3.05, 3.63) is 65.2 Å². The van der Waals surface area contributed by atoms with E-state index in [0.717, 1.165) is 17.4 Å². The molecule has 3 unspecified atom stereocenters. The SMILES string of the molecule is Cc1ccc(OC(=O)c2ccc(C3CCC(C)C(C)C3)cc2)cc1. The molecule has 3 rings (SSSR count). The van der Waals surface area contributed by atoms with E-state index in [4.69, 9.17) is 4.74 Å². The van der Waals surface area contributed by atoms with Crippen LogP contribution in [0.5, 0.6) is 5.75 Å². The number of rotatable bonds is 3. The molecule has 2 nitrogen and oxygen atoms in total. The van der Waals surface area contributed by atoms with E-state index >= 15 is 0 Å². The molecule has 1 fully saturated rings. The molecular weight excluding hydrogens is 296 g/mol. The Morgan fingerprint density at radius 2 is 1.58 bits per heavy atom. The van der Waals surface area contributed by atoms with Crippen molar-refractivity contribution >= 4 is 5.97 Å². The topological polar surface area (TPSA) is 26.3 Å². The zero-order valence-electron chi connectivity index (χ0n) is 14.8. The Bertz CT molecular complexity index is 685. The van der Waals surface area contributed by atoms with Gasteiger partial charge in [0.25, 0.3) is 0 Å². The van der Waals surface area contributed by atoms with Crippen LogP contribution in [-0.2, 0) is 0 Å². The lowest BCUT2D eigenvalue weighted by Crippen LogP contribution is -2.19. The van der Waals surface area contributed by atoms with Gasteiger partial charge >= 0.3 is 5.97 Å². The largest absolute Gasteiger partial charge is 0.423 e. The molecular formula is C22H26O2. The highest BCUT2D eigenvalue weighted by molar-refractivity contribution is 5.91. The molecule has 0 saturated heterocycles. The number of benzene rings is 2. The van der Waals surface area contributed by atoms with Crippen LogP contribution in [0.4, 0.5) is 0 Å². The Balaban J connectivity index is 1.65. The van der Waals surface area contributed by atoms with Crippen molar-refractivity contribution in [2.24, 2.45) is 11.8 Å². The minimum Gasteiger partial charge on any atom is -0.423 e. The molecule has 126 valence electrons. The molecule has 2 heteroatoms. The van der Waals surface area contributed by atoms with Crippen LogP contribution in [-0.4, -0.2) is 5.97 Å². The van der Waals surface area contributed by atoms with E-state index in [-0.39, 0.29) is 5.97 Å². The standard InChI is InChI=1S/C22H26O2/c1-15-4-12-21(13-5-15)24-22(23)19-10-8-18(9-11-19)20-7-6-16(2)17(3)14-20/h4-5,8-13,16-17,20H,6-7,14H2,1-3H3. The zero-order chi connectivity index (χ0) is 17.1. The lowest BCUT2D eigenvalue weighted by atomic mass is 9.73. The van der Waals surface area contributed by atoms with E-state index < -0.39 is 0 Å². The maximum absolute atomic E-state index is 12.3. The molecule has 0 aromatic heterocycles. The molecule has 24 heavy (non-hydrogen) atoms. The van der Waals surface area contributed by atoms with E-state index in [1.165, 1.54) is 24.8 Å². The van der Waals surface area contributed by atoms with Crippen molar-refractivity contribution in [1.82, 2.24) is 0 Å². The summed E-state index contributed by atoms with van der Waals surface area (Å²) in [6.07, 6.45) is 3.79. The lowest BCUT2D eigenvalue weighted by molar-refractivity contribution is 0.0734. The van der Waals surface area contributed by atoms with Gasteiger partial charge in [0, 0.05) is 0 Å². The lowest BCUT2D eigenvalue weighted by Gasteiger charge is -2.32. The highest BCUT2D eigenvalue weighted by atomic mass is 16.5. The van der Waals surface area contributed by atoms with Gasteiger partial charge in [-0.2, -0.15) is 0 Å². The minimum atomic E-state index is -0.295. The number of ether oxygens (including phenoxy) is 1. The third kappa shape index (κ3) is 3.87. The van der Waals surface area contributed by atoms with Gasteiger partial charge in [-0.1, -0.05) is 43.7 Å². The van der Waals surface area contributed by atoms with Crippen LogP contribution in [0.15, 0.2) is 48.5 Å². The van der Waals surface area contributed by atoms with Gasteiger partial charge in [-0.3, -0.25) is 0 Å². The van der Waals surface area contributed by atoms with E-state index in [1.807, 2.05) is 43.3 Å². The maximum Gasteiger partial charge on any atom is 0.343 e. The Kier molecular flexibility index (Phi) is 5.03. The van der Waals surface area contributed by atoms with Crippen molar-refractivity contribution in [3.8, 4) is 5.75 Å². The van der Waals surface area contributed by atoms with Gasteiger partial charge in [0.2, 0.25) is 0 Å². The molecule has 1 saturated carbocycles. The second-order valence-electron chi connectivity index (χ2n) is 7.29. The number of hydrogen-bond acceptors (Lipinski definition) is 2. The van der Waals surface area contributed by atoms with Gasteiger partial charge in [0.1, 0.15) is 5.75 Å². The van der Waals surface area contributed by atoms with Crippen molar-refractivity contribution in [2.45, 2.75) is 46.0 Å². The first-order valence-electron chi connectivity index (χ1n) is 8.91. The molecule has 0 amide bonds. The van der Waals surface area contributed by atoms with E-state index in [0.29, 0.717) is 17.2 Å². The quantitative estimate of drug-likeness (QED) is 0.531. The maximum atomic E-state index is 12.3. The molecule has 1 aliphatic carbocycles. The van der Waals surface area contributed by atoms with E-state index in [1.54, 1.807) is 0 Å². The van der Waals surface area contributed by atoms with Gasteiger partial charge in [-0.05, 0) is 73.8 Å². The van der Waals surface area contributed by atoms with Crippen LogP contribution in [0.3, 0.4) is 0 Å². The third-order valence-corrected chi connectivity index (χ3v) is 5.45. The first-order valence-corrected chi connectivity index (χ1v) is 8.91. The highest BCUT2D eigenvalue weighted by Crippen LogP contribution is 2.39. The first-order chi connectivity index (χ1) is 11.5. The predicted molar refractivity (Wildman–Crippen MR) is 97.5 cm³/mol. The van der Waals surface area contributed by atoms with Gasteiger partial charge in [0.15, 0.2) is 0 Å². The summed E-state index contributed by atoms with van der Waals surface area (Å²) in [6, 6.07) is 15.5. The highest BCUT2D eigenvalue weighted by Gasteiger charge is 2.25. The summed E-state index contributed by atoms with van der Waals surface area (Å²) in [4.78, 5) is 12.3. The van der Waals surface area contributed by atoms with E-state index in [2.05, 4.69) is 26.0 Å². The van der Waals surface area contributed by atoms with E-state index in [9.17, 15) is 4.79 Å². The summed E-state index contributed by atoms with van der Waals surface area (Å²) in [5, 5.41) is 0. The predicted octanol–water partition coefficient (Wildman–Crippen LogP) is 5.75. The minimum absolute atomic E-state index is 0.295. The summed E-state index contributed by atoms with van der Waals surface area (Å²) < 4.78 is 5.43. The number of carbonyl (C=O) groups excluding carboxylic acids is 1. The molecule has 0 heterocycles. The van der Waals surface area contributed by atoms with Crippen molar-refractivity contribution in [2.75, 3.05) is 0 Å². The summed E-state index contributed by atoms with van der Waals surface area (Å²) in [7, 11) is 0. The van der Waals surface area contributed by atoms with Crippen molar-refractivity contribution < 1.29 is 9.53 Å². The smallest absolute Gasteiger partial charge is 0.343 e. The second-order valence-corrected chi connectivity index (χ2v) is 7.29. The van der Waals surface area contributed by atoms with Crippen molar-refractivity contribution in [1.29, 1.82) is 0 Å². The molecule has 0 N–H and O–H groups in total. The van der Waals surface area contributed by atoms with Crippen molar-refractivity contribution in [3.63, 3.8) is 0 Å². The van der Waals surface area contributed by atoms with Crippen LogP contribution < -0.4 is 4.74 Å². The molecule has 1 aliphatic rings. The zero-order valence-corrected chi connectivity index (χ0v) is 14.8. The van der Waals surface area contributed by atoms with Crippen LogP contribution in [0.2, 0.25) is 0 Å². The van der Waals surface area contributed by atoms with Gasteiger partial charge < -0.3 is 4.74 Å². The summed E-state index contributed by atoms with van der Waals surface area (Å²) >= 11 is 0. The fourth-order valence-corrected chi connectivity index (χ4v) is 3.51. The number of esters is 1. The summed E-state index contributed by atoms with van der Waals surface area (Å²) in [5.74, 6) is 2.51. The number of carbonyl (C=O) groups is 1. The molecule has 3 atom stereocenters. The second kappa shape index (κ2) is 7.21. The van der Waals surface area contributed by atoms with Gasteiger partial charge in [-0.15, -0.1) is 0 Å². The molecule has 0 spiro atoms. The first kappa shape index (κ1) is 16.8. The molecule has 0 bridgehead atoms. The number of hydrogen-bond donors (Lipinski definition) is 0. The fraction of sp³-hybridized carbons (Fsp3) is 0.409. The number of aryl methyl sites for hydroxylation is 1. The molecule has 2 aromatic carbocycles. The van der Waals surface area contributed by atoms with Gasteiger partial charge in [0.05, 0.1) is 5.56 Å². The Morgan fingerprint density at radius 1 is 0.917 bits per heavy atom. The Morgan fingerprint density at radius 3 is 2.21 bits per heavy atom. The summed E-state index contributed by atoms with van der Waals surface area (Å²) in [6.45, 7) is 6.71. The summed E-state index contributed by atoms with van der Waals surface area (Å²) in [5.41, 5.74) is 3.10. The molecule has 2 aromatic rings. The van der Waals surface area contributed by atoms with Gasteiger partial charge in [-0.25, -0.2) is 4.79 Å². The normalized spacial score (nSPS) is 23.7.